The zero-order valence-electron chi connectivity index (χ0n) is 26.7. The lowest BCUT2D eigenvalue weighted by Crippen LogP contribution is -2.08. The number of ether oxygens (including phenoxy) is 5. The Kier molecular flexibility index (Phi) is 13.1. The largest absolute Gasteiger partial charge is 0.493 e. The molecule has 0 atom stereocenters. The lowest BCUT2D eigenvalue weighted by Gasteiger charge is -2.11. The van der Waals surface area contributed by atoms with Crippen LogP contribution in [0.5, 0.6) is 23.0 Å². The lowest BCUT2D eigenvalue weighted by molar-refractivity contribution is -0.394. The van der Waals surface area contributed by atoms with Crippen LogP contribution in [0.15, 0.2) is 54.6 Å². The minimum Gasteiger partial charge on any atom is -0.493 e. The molecule has 0 spiro atoms. The van der Waals surface area contributed by atoms with Crippen LogP contribution in [0.4, 0.5) is 11.4 Å². The first kappa shape index (κ1) is 35.2. The number of fused-ring (bicyclic) bond motifs is 1. The number of nitriles is 1. The van der Waals surface area contributed by atoms with E-state index in [4.69, 9.17) is 23.7 Å². The van der Waals surface area contributed by atoms with Gasteiger partial charge < -0.3 is 23.7 Å². The average Bonchev–Trinajstić information content (AvgIpc) is 3.57. The van der Waals surface area contributed by atoms with Gasteiger partial charge in [0.15, 0.2) is 23.0 Å². The molecule has 252 valence electrons. The fourth-order valence-electron chi connectivity index (χ4n) is 5.10. The van der Waals surface area contributed by atoms with Gasteiger partial charge >= 0.3 is 5.97 Å². The van der Waals surface area contributed by atoms with E-state index in [1.807, 2.05) is 24.3 Å². The summed E-state index contributed by atoms with van der Waals surface area (Å²) < 4.78 is 27.4. The second-order valence-corrected chi connectivity index (χ2v) is 11.1. The van der Waals surface area contributed by atoms with E-state index >= 15 is 0 Å². The Hall–Kier alpha value is -5.64. The van der Waals surface area contributed by atoms with E-state index in [9.17, 15) is 30.3 Å². The second kappa shape index (κ2) is 17.9. The van der Waals surface area contributed by atoms with Gasteiger partial charge in [-0.3, -0.25) is 20.2 Å². The average molecular weight is 660 g/mol. The molecule has 0 saturated carbocycles. The van der Waals surface area contributed by atoms with Crippen LogP contribution in [0.25, 0.3) is 11.6 Å². The molecule has 1 aliphatic heterocycles. The molecule has 13 nitrogen and oxygen atoms in total. The van der Waals surface area contributed by atoms with Gasteiger partial charge in [0.05, 0.1) is 53.4 Å². The first-order chi connectivity index (χ1) is 23.3. The molecular formula is C35H37N3O10. The van der Waals surface area contributed by atoms with E-state index in [0.717, 1.165) is 80.7 Å². The van der Waals surface area contributed by atoms with Gasteiger partial charge in [0.1, 0.15) is 0 Å². The summed E-state index contributed by atoms with van der Waals surface area (Å²) in [5.74, 6) is 1.70. The molecule has 0 unspecified atom stereocenters. The number of non-ortho nitro benzene ring substituents is 2. The lowest BCUT2D eigenvalue weighted by atomic mass is 10.0. The van der Waals surface area contributed by atoms with Gasteiger partial charge in [-0.1, -0.05) is 51.0 Å². The molecule has 0 aromatic heterocycles. The monoisotopic (exact) mass is 659 g/mol. The van der Waals surface area contributed by atoms with Crippen LogP contribution in [0, 0.1) is 31.6 Å². The highest BCUT2D eigenvalue weighted by Gasteiger charge is 2.21. The highest BCUT2D eigenvalue weighted by molar-refractivity contribution is 5.91. The van der Waals surface area contributed by atoms with Gasteiger partial charge in [-0.2, -0.15) is 5.26 Å². The van der Waals surface area contributed by atoms with Gasteiger partial charge in [-0.25, -0.2) is 4.79 Å². The zero-order valence-corrected chi connectivity index (χ0v) is 26.7. The van der Waals surface area contributed by atoms with Crippen molar-refractivity contribution in [2.75, 3.05) is 27.1 Å². The second-order valence-electron chi connectivity index (χ2n) is 11.1. The Morgan fingerprint density at radius 2 is 1.42 bits per heavy atom. The number of esters is 1. The summed E-state index contributed by atoms with van der Waals surface area (Å²) in [6.45, 7) is 0.876. The number of nitro benzene ring substituents is 2. The van der Waals surface area contributed by atoms with Crippen LogP contribution >= 0.6 is 0 Å². The minimum absolute atomic E-state index is 0.140. The molecule has 3 aromatic rings. The molecule has 0 radical (unpaired) electrons. The van der Waals surface area contributed by atoms with Crippen molar-refractivity contribution < 1.29 is 38.3 Å². The maximum Gasteiger partial charge on any atom is 0.338 e. The summed E-state index contributed by atoms with van der Waals surface area (Å²) >= 11 is 0. The number of hydrogen-bond donors (Lipinski definition) is 0. The zero-order chi connectivity index (χ0) is 34.3. The summed E-state index contributed by atoms with van der Waals surface area (Å²) in [7, 11) is 1.58. The van der Waals surface area contributed by atoms with Crippen molar-refractivity contribution in [3.8, 4) is 29.1 Å². The molecule has 0 N–H and O–H groups in total. The van der Waals surface area contributed by atoms with Crippen molar-refractivity contribution in [2.45, 2.75) is 57.8 Å². The maximum atomic E-state index is 12.2. The van der Waals surface area contributed by atoms with Crippen LogP contribution in [0.2, 0.25) is 0 Å². The smallest absolute Gasteiger partial charge is 0.338 e. The molecule has 1 aliphatic rings. The summed E-state index contributed by atoms with van der Waals surface area (Å²) in [5, 5.41) is 31.7. The first-order valence-electron chi connectivity index (χ1n) is 15.7. The molecule has 48 heavy (non-hydrogen) atoms. The van der Waals surface area contributed by atoms with E-state index in [2.05, 4.69) is 6.07 Å². The van der Waals surface area contributed by atoms with Crippen LogP contribution in [-0.4, -0.2) is 42.9 Å². The van der Waals surface area contributed by atoms with E-state index < -0.39 is 27.2 Å². The van der Waals surface area contributed by atoms with Gasteiger partial charge in [-0.15, -0.1) is 0 Å². The van der Waals surface area contributed by atoms with E-state index in [1.165, 1.54) is 0 Å². The van der Waals surface area contributed by atoms with E-state index in [0.29, 0.717) is 41.6 Å². The number of benzene rings is 3. The Balaban J connectivity index is 1.07. The third-order valence-electron chi connectivity index (χ3n) is 7.64. The van der Waals surface area contributed by atoms with Crippen molar-refractivity contribution in [3.63, 3.8) is 0 Å². The van der Waals surface area contributed by atoms with Gasteiger partial charge in [0.25, 0.3) is 11.4 Å². The van der Waals surface area contributed by atoms with E-state index in [1.54, 1.807) is 25.3 Å². The Morgan fingerprint density at radius 3 is 2.04 bits per heavy atom. The molecule has 0 fully saturated rings. The number of unbranched alkanes of at least 4 members (excludes halogenated alkanes) is 8. The predicted molar refractivity (Wildman–Crippen MR) is 176 cm³/mol. The van der Waals surface area contributed by atoms with Gasteiger partial charge in [0, 0.05) is 12.1 Å². The molecule has 0 saturated heterocycles. The number of carbonyl (C=O) groups is 1. The SMILES string of the molecule is COc1cc(/C=C(\C#N)c2ccc3c(c2)OCO3)ccc1OCCCCCCCCCCCOC(=O)c1cc([N+](=O)[O-])cc([N+](=O)[O-])c1. The molecule has 0 amide bonds. The van der Waals surface area contributed by atoms with Crippen LogP contribution < -0.4 is 18.9 Å². The van der Waals surface area contributed by atoms with Crippen molar-refractivity contribution in [1.29, 1.82) is 5.26 Å². The highest BCUT2D eigenvalue weighted by atomic mass is 16.7. The number of hydrogen-bond acceptors (Lipinski definition) is 11. The fourth-order valence-corrected chi connectivity index (χ4v) is 5.10. The topological polar surface area (TPSA) is 173 Å². The summed E-state index contributed by atoms with van der Waals surface area (Å²) in [5.41, 5.74) is 0.753. The molecule has 0 aliphatic carbocycles. The molecule has 0 bridgehead atoms. The van der Waals surface area contributed by atoms with Crippen molar-refractivity contribution in [1.82, 2.24) is 0 Å². The summed E-state index contributed by atoms with van der Waals surface area (Å²) in [6, 6.07) is 16.0. The van der Waals surface area contributed by atoms with Crippen molar-refractivity contribution in [2.24, 2.45) is 0 Å². The number of allylic oxidation sites excluding steroid dienone is 1. The molecular weight excluding hydrogens is 622 g/mol. The van der Waals surface area contributed by atoms with Gasteiger partial charge in [0.2, 0.25) is 6.79 Å². The summed E-state index contributed by atoms with van der Waals surface area (Å²) in [4.78, 5) is 32.7. The van der Waals surface area contributed by atoms with Crippen LogP contribution in [0.1, 0.15) is 79.3 Å². The normalized spacial score (nSPS) is 11.9. The van der Waals surface area contributed by atoms with Crippen LogP contribution in [0.3, 0.4) is 0 Å². The fraction of sp³-hybridized carbons (Fsp3) is 0.371. The van der Waals surface area contributed by atoms with Crippen LogP contribution in [-0.2, 0) is 4.74 Å². The third-order valence-corrected chi connectivity index (χ3v) is 7.64. The number of rotatable bonds is 19. The predicted octanol–water partition coefficient (Wildman–Crippen LogP) is 8.05. The van der Waals surface area contributed by atoms with Crippen molar-refractivity contribution in [3.05, 3.63) is 91.5 Å². The Labute approximate surface area is 277 Å². The first-order valence-corrected chi connectivity index (χ1v) is 15.7. The molecule has 3 aromatic carbocycles. The molecule has 4 rings (SSSR count). The molecule has 1 heterocycles. The number of nitrogens with zero attached hydrogens (tertiary/aromatic N) is 3. The maximum absolute atomic E-state index is 12.2. The molecule has 13 heteroatoms. The highest BCUT2D eigenvalue weighted by Crippen LogP contribution is 2.35. The quantitative estimate of drug-likeness (QED) is 0.0304. The van der Waals surface area contributed by atoms with Crippen molar-refractivity contribution >= 4 is 29.0 Å². The number of nitro groups is 2. The Bertz CT molecular complexity index is 1650. The number of methoxy groups -OCH3 is 1. The van der Waals surface area contributed by atoms with Gasteiger partial charge in [-0.05, 0) is 60.4 Å². The Morgan fingerprint density at radius 1 is 0.792 bits per heavy atom. The minimum atomic E-state index is -0.818. The van der Waals surface area contributed by atoms with E-state index in [-0.39, 0.29) is 19.0 Å². The number of carbonyl (C=O) groups excluding carboxylic acids is 1. The third kappa shape index (κ3) is 10.2. The summed E-state index contributed by atoms with van der Waals surface area (Å²) in [6.07, 6.45) is 10.6. The standard InChI is InChI=1S/C35H37N3O10/c1-44-33-18-25(17-28(23-36)26-12-14-32-34(21-26)48-24-47-32)11-13-31(33)45-15-9-7-5-3-2-4-6-8-10-16-46-35(39)27-19-29(37(40)41)22-30(20-27)38(42)43/h11-14,17-22H,2-10,15-16,24H2,1H3/b28-17+.